The molecule has 0 aliphatic rings. The first kappa shape index (κ1) is 20.7. The van der Waals surface area contributed by atoms with Crippen LogP contribution in [0.15, 0.2) is 24.3 Å². The maximum absolute atomic E-state index is 11.6. The molecular weight excluding hydrogens is 300 g/mol. The zero-order valence-electron chi connectivity index (χ0n) is 13.9. The standard InChI is InChI=1S/C17H28N2O2.ClH/c1-17(2,18)13-19-16(20)8-6-4-5-7-14-9-11-15(21-3)12-10-14;/h9-12H,4-8,13,18H2,1-3H3,(H,19,20);1H. The van der Waals surface area contributed by atoms with Crippen LogP contribution in [0.1, 0.15) is 45.1 Å². The van der Waals surface area contributed by atoms with E-state index in [0.29, 0.717) is 13.0 Å². The molecule has 0 saturated heterocycles. The zero-order chi connectivity index (χ0) is 15.7. The van der Waals surface area contributed by atoms with Crippen molar-refractivity contribution >= 4 is 18.3 Å². The van der Waals surface area contributed by atoms with Crippen molar-refractivity contribution in [2.75, 3.05) is 13.7 Å². The molecule has 0 unspecified atom stereocenters. The SMILES string of the molecule is COc1ccc(CCCCCC(=O)NCC(C)(C)N)cc1.Cl. The third-order valence-electron chi connectivity index (χ3n) is 3.27. The van der Waals surface area contributed by atoms with Crippen molar-refractivity contribution in [2.24, 2.45) is 5.73 Å². The molecule has 3 N–H and O–H groups in total. The van der Waals surface area contributed by atoms with Gasteiger partial charge in [-0.2, -0.15) is 0 Å². The van der Waals surface area contributed by atoms with Crippen molar-refractivity contribution in [3.63, 3.8) is 0 Å². The number of carbonyl (C=O) groups excluding carboxylic acids is 1. The lowest BCUT2D eigenvalue weighted by Crippen LogP contribution is -2.45. The topological polar surface area (TPSA) is 64.3 Å². The molecule has 0 saturated carbocycles. The number of aryl methyl sites for hydroxylation is 1. The Bertz CT molecular complexity index is 427. The molecule has 0 radical (unpaired) electrons. The summed E-state index contributed by atoms with van der Waals surface area (Å²) in [4.78, 5) is 11.6. The summed E-state index contributed by atoms with van der Waals surface area (Å²) in [6, 6.07) is 8.15. The molecular formula is C17H29ClN2O2. The molecule has 0 aliphatic heterocycles. The molecule has 4 nitrogen and oxygen atoms in total. The average Bonchev–Trinajstić information content (AvgIpc) is 2.44. The number of methoxy groups -OCH3 is 1. The first-order valence-electron chi connectivity index (χ1n) is 7.59. The van der Waals surface area contributed by atoms with Crippen LogP contribution >= 0.6 is 12.4 Å². The summed E-state index contributed by atoms with van der Waals surface area (Å²) in [6.45, 7) is 4.34. The summed E-state index contributed by atoms with van der Waals surface area (Å²) >= 11 is 0. The van der Waals surface area contributed by atoms with E-state index in [2.05, 4.69) is 17.4 Å². The molecule has 0 spiro atoms. The third-order valence-corrected chi connectivity index (χ3v) is 3.27. The first-order valence-corrected chi connectivity index (χ1v) is 7.59. The van der Waals surface area contributed by atoms with Gasteiger partial charge < -0.3 is 15.8 Å². The fourth-order valence-corrected chi connectivity index (χ4v) is 2.00. The summed E-state index contributed by atoms with van der Waals surface area (Å²) in [5, 5.41) is 2.87. The molecule has 0 atom stereocenters. The Morgan fingerprint density at radius 3 is 2.36 bits per heavy atom. The van der Waals surface area contributed by atoms with E-state index in [9.17, 15) is 4.79 Å². The van der Waals surface area contributed by atoms with Crippen LogP contribution in [-0.2, 0) is 11.2 Å². The highest BCUT2D eigenvalue weighted by atomic mass is 35.5. The van der Waals surface area contributed by atoms with E-state index in [1.54, 1.807) is 7.11 Å². The van der Waals surface area contributed by atoms with Gasteiger partial charge in [0.25, 0.3) is 0 Å². The maximum Gasteiger partial charge on any atom is 0.220 e. The van der Waals surface area contributed by atoms with Gasteiger partial charge in [0.05, 0.1) is 7.11 Å². The number of benzene rings is 1. The Kier molecular flexibility index (Phi) is 9.86. The minimum Gasteiger partial charge on any atom is -0.497 e. The number of hydrogen-bond donors (Lipinski definition) is 2. The van der Waals surface area contributed by atoms with Gasteiger partial charge in [0.15, 0.2) is 0 Å². The minimum atomic E-state index is -0.343. The summed E-state index contributed by atoms with van der Waals surface area (Å²) < 4.78 is 5.13. The van der Waals surface area contributed by atoms with Gasteiger partial charge in [0.1, 0.15) is 5.75 Å². The Labute approximate surface area is 140 Å². The van der Waals surface area contributed by atoms with Gasteiger partial charge in [-0.1, -0.05) is 18.6 Å². The van der Waals surface area contributed by atoms with Gasteiger partial charge in [-0.05, 0) is 50.8 Å². The highest BCUT2D eigenvalue weighted by molar-refractivity contribution is 5.85. The van der Waals surface area contributed by atoms with Gasteiger partial charge >= 0.3 is 0 Å². The molecule has 1 amide bonds. The molecule has 0 bridgehead atoms. The van der Waals surface area contributed by atoms with Crippen LogP contribution in [0.3, 0.4) is 0 Å². The number of carbonyl (C=O) groups is 1. The molecule has 5 heteroatoms. The van der Waals surface area contributed by atoms with Crippen LogP contribution in [0.25, 0.3) is 0 Å². The Hall–Kier alpha value is -1.26. The second-order valence-corrected chi connectivity index (χ2v) is 6.17. The summed E-state index contributed by atoms with van der Waals surface area (Å²) in [7, 11) is 1.67. The third kappa shape index (κ3) is 9.64. The molecule has 0 heterocycles. The van der Waals surface area contributed by atoms with E-state index in [1.165, 1.54) is 5.56 Å². The number of hydrogen-bond acceptors (Lipinski definition) is 3. The number of rotatable bonds is 9. The van der Waals surface area contributed by atoms with Crippen molar-refractivity contribution in [1.29, 1.82) is 0 Å². The largest absolute Gasteiger partial charge is 0.497 e. The number of nitrogens with two attached hydrogens (primary N) is 1. The Balaban J connectivity index is 0.00000441. The van der Waals surface area contributed by atoms with Crippen LogP contribution in [0.2, 0.25) is 0 Å². The van der Waals surface area contributed by atoms with Crippen molar-refractivity contribution in [3.8, 4) is 5.75 Å². The second-order valence-electron chi connectivity index (χ2n) is 6.17. The van der Waals surface area contributed by atoms with Crippen molar-refractivity contribution in [3.05, 3.63) is 29.8 Å². The number of amides is 1. The molecule has 0 aliphatic carbocycles. The molecule has 22 heavy (non-hydrogen) atoms. The lowest BCUT2D eigenvalue weighted by Gasteiger charge is -2.18. The quantitative estimate of drug-likeness (QED) is 0.685. The summed E-state index contributed by atoms with van der Waals surface area (Å²) in [5.74, 6) is 0.983. The predicted molar refractivity (Wildman–Crippen MR) is 93.7 cm³/mol. The van der Waals surface area contributed by atoms with Crippen LogP contribution in [0.4, 0.5) is 0 Å². The second kappa shape index (κ2) is 10.5. The lowest BCUT2D eigenvalue weighted by molar-refractivity contribution is -0.121. The first-order chi connectivity index (χ1) is 9.90. The highest BCUT2D eigenvalue weighted by Crippen LogP contribution is 2.13. The molecule has 0 aromatic heterocycles. The molecule has 1 aromatic rings. The monoisotopic (exact) mass is 328 g/mol. The van der Waals surface area contributed by atoms with E-state index in [4.69, 9.17) is 10.5 Å². The van der Waals surface area contributed by atoms with Crippen LogP contribution in [0.5, 0.6) is 5.75 Å². The van der Waals surface area contributed by atoms with Crippen LogP contribution < -0.4 is 15.8 Å². The van der Waals surface area contributed by atoms with E-state index >= 15 is 0 Å². The van der Waals surface area contributed by atoms with Gasteiger partial charge in [0.2, 0.25) is 5.91 Å². The highest BCUT2D eigenvalue weighted by Gasteiger charge is 2.11. The summed E-state index contributed by atoms with van der Waals surface area (Å²) in [5.41, 5.74) is 6.79. The molecule has 0 fully saturated rings. The number of unbranched alkanes of at least 4 members (excludes halogenated alkanes) is 2. The van der Waals surface area contributed by atoms with Crippen LogP contribution in [0, 0.1) is 0 Å². The van der Waals surface area contributed by atoms with Crippen molar-refractivity contribution in [1.82, 2.24) is 5.32 Å². The van der Waals surface area contributed by atoms with E-state index < -0.39 is 0 Å². The normalized spacial score (nSPS) is 10.7. The van der Waals surface area contributed by atoms with E-state index in [-0.39, 0.29) is 23.9 Å². The Morgan fingerprint density at radius 1 is 1.18 bits per heavy atom. The molecule has 1 rings (SSSR count). The number of ether oxygens (including phenoxy) is 1. The van der Waals surface area contributed by atoms with Crippen molar-refractivity contribution < 1.29 is 9.53 Å². The maximum atomic E-state index is 11.6. The summed E-state index contributed by atoms with van der Waals surface area (Å²) in [6.07, 6.45) is 4.71. The smallest absolute Gasteiger partial charge is 0.220 e. The zero-order valence-corrected chi connectivity index (χ0v) is 14.7. The van der Waals surface area contributed by atoms with Crippen molar-refractivity contribution in [2.45, 2.75) is 51.5 Å². The molecule has 1 aromatic carbocycles. The fourth-order valence-electron chi connectivity index (χ4n) is 2.00. The average molecular weight is 329 g/mol. The van der Waals surface area contributed by atoms with E-state index in [0.717, 1.165) is 31.4 Å². The minimum absolute atomic E-state index is 0. The predicted octanol–water partition coefficient (Wildman–Crippen LogP) is 3.07. The number of halogens is 1. The Morgan fingerprint density at radius 2 is 1.82 bits per heavy atom. The lowest BCUT2D eigenvalue weighted by atomic mass is 10.1. The van der Waals surface area contributed by atoms with Crippen LogP contribution in [-0.4, -0.2) is 25.1 Å². The fraction of sp³-hybridized carbons (Fsp3) is 0.588. The van der Waals surface area contributed by atoms with Gasteiger partial charge in [0, 0.05) is 18.5 Å². The van der Waals surface area contributed by atoms with Gasteiger partial charge in [-0.3, -0.25) is 4.79 Å². The van der Waals surface area contributed by atoms with E-state index in [1.807, 2.05) is 26.0 Å². The number of nitrogens with one attached hydrogen (secondary N) is 1. The van der Waals surface area contributed by atoms with Gasteiger partial charge in [-0.15, -0.1) is 12.4 Å². The van der Waals surface area contributed by atoms with Gasteiger partial charge in [-0.25, -0.2) is 0 Å². The molecule has 126 valence electrons.